The van der Waals surface area contributed by atoms with Gasteiger partial charge in [-0.05, 0) is 18.6 Å². The Hall–Kier alpha value is -1.42. The summed E-state index contributed by atoms with van der Waals surface area (Å²) in [5, 5.41) is 10.6. The summed E-state index contributed by atoms with van der Waals surface area (Å²) in [6.45, 7) is 0. The van der Waals surface area contributed by atoms with Crippen molar-refractivity contribution in [2.45, 2.75) is 6.42 Å². The Balaban J connectivity index is 3.06. The predicted molar refractivity (Wildman–Crippen MR) is 57.4 cm³/mol. The van der Waals surface area contributed by atoms with Crippen molar-refractivity contribution in [2.24, 2.45) is 0 Å². The van der Waals surface area contributed by atoms with Crippen LogP contribution in [0.2, 0.25) is 0 Å². The van der Waals surface area contributed by atoms with Crippen LogP contribution in [0, 0.1) is 15.9 Å². The van der Waals surface area contributed by atoms with Gasteiger partial charge in [-0.15, -0.1) is 11.6 Å². The molecule has 0 saturated heterocycles. The zero-order valence-electron chi connectivity index (χ0n) is 7.82. The van der Waals surface area contributed by atoms with E-state index in [0.717, 1.165) is 6.07 Å². The zero-order chi connectivity index (χ0) is 11.3. The van der Waals surface area contributed by atoms with E-state index in [1.54, 1.807) is 6.08 Å². The number of benzene rings is 1. The summed E-state index contributed by atoms with van der Waals surface area (Å²) >= 11 is 5.44. The summed E-state index contributed by atoms with van der Waals surface area (Å²) in [7, 11) is 0. The first-order chi connectivity index (χ1) is 7.16. The first-order valence-corrected chi connectivity index (χ1v) is 4.85. The molecule has 0 atom stereocenters. The van der Waals surface area contributed by atoms with Crippen molar-refractivity contribution in [3.8, 4) is 0 Å². The van der Waals surface area contributed by atoms with Crippen LogP contribution in [0.25, 0.3) is 6.08 Å². The van der Waals surface area contributed by atoms with E-state index < -0.39 is 16.4 Å². The summed E-state index contributed by atoms with van der Waals surface area (Å²) < 4.78 is 13.1. The third-order valence-corrected chi connectivity index (χ3v) is 1.99. The van der Waals surface area contributed by atoms with Crippen molar-refractivity contribution in [3.05, 3.63) is 45.8 Å². The molecule has 0 saturated carbocycles. The fourth-order valence-corrected chi connectivity index (χ4v) is 1.26. The number of nitrogens with zero attached hydrogens (tertiary/aromatic N) is 1. The second-order valence-electron chi connectivity index (χ2n) is 2.81. The summed E-state index contributed by atoms with van der Waals surface area (Å²) in [5.74, 6) is -0.396. The average molecular weight is 230 g/mol. The molecular formula is C10H9ClFNO2. The van der Waals surface area contributed by atoms with Gasteiger partial charge in [0.2, 0.25) is 5.82 Å². The molecule has 80 valence electrons. The van der Waals surface area contributed by atoms with E-state index in [1.807, 2.05) is 0 Å². The molecule has 0 aromatic heterocycles. The van der Waals surface area contributed by atoms with Crippen LogP contribution < -0.4 is 0 Å². The average Bonchev–Trinajstić information content (AvgIpc) is 2.17. The van der Waals surface area contributed by atoms with E-state index in [-0.39, 0.29) is 5.56 Å². The molecule has 3 nitrogen and oxygen atoms in total. The lowest BCUT2D eigenvalue weighted by Crippen LogP contribution is -1.95. The van der Waals surface area contributed by atoms with E-state index in [1.165, 1.54) is 18.2 Å². The highest BCUT2D eigenvalue weighted by Crippen LogP contribution is 2.23. The van der Waals surface area contributed by atoms with Gasteiger partial charge >= 0.3 is 5.69 Å². The molecule has 1 rings (SSSR count). The van der Waals surface area contributed by atoms with Crippen LogP contribution in [-0.4, -0.2) is 10.8 Å². The molecule has 15 heavy (non-hydrogen) atoms. The maximum Gasteiger partial charge on any atom is 0.311 e. The summed E-state index contributed by atoms with van der Waals surface area (Å²) in [4.78, 5) is 9.85. The number of nitro benzene ring substituents is 1. The van der Waals surface area contributed by atoms with Gasteiger partial charge in [0, 0.05) is 5.88 Å². The lowest BCUT2D eigenvalue weighted by molar-refractivity contribution is -0.387. The van der Waals surface area contributed by atoms with Crippen molar-refractivity contribution in [3.63, 3.8) is 0 Å². The molecule has 0 bridgehead atoms. The number of hydrogen-bond acceptors (Lipinski definition) is 2. The molecule has 0 amide bonds. The van der Waals surface area contributed by atoms with Crippen molar-refractivity contribution in [1.29, 1.82) is 0 Å². The van der Waals surface area contributed by atoms with E-state index in [4.69, 9.17) is 11.6 Å². The molecule has 1 aromatic rings. The Morgan fingerprint density at radius 2 is 2.27 bits per heavy atom. The van der Waals surface area contributed by atoms with Crippen LogP contribution in [0.5, 0.6) is 0 Å². The number of nitro groups is 1. The summed E-state index contributed by atoms with van der Waals surface area (Å²) in [6.07, 6.45) is 3.77. The van der Waals surface area contributed by atoms with E-state index in [2.05, 4.69) is 0 Å². The molecule has 1 aromatic carbocycles. The van der Waals surface area contributed by atoms with E-state index in [9.17, 15) is 14.5 Å². The molecule has 0 spiro atoms. The van der Waals surface area contributed by atoms with Crippen LogP contribution in [-0.2, 0) is 0 Å². The highest BCUT2D eigenvalue weighted by Gasteiger charge is 2.17. The maximum atomic E-state index is 13.1. The Morgan fingerprint density at radius 3 is 2.87 bits per heavy atom. The number of para-hydroxylation sites is 1. The van der Waals surface area contributed by atoms with Crippen molar-refractivity contribution in [2.75, 3.05) is 5.88 Å². The van der Waals surface area contributed by atoms with Gasteiger partial charge in [0.05, 0.1) is 10.5 Å². The minimum absolute atomic E-state index is 0.255. The van der Waals surface area contributed by atoms with Gasteiger partial charge in [0.25, 0.3) is 0 Å². The molecule has 5 heteroatoms. The molecule has 0 aliphatic rings. The topological polar surface area (TPSA) is 43.1 Å². The fourth-order valence-electron chi connectivity index (χ4n) is 1.13. The van der Waals surface area contributed by atoms with Crippen LogP contribution in [0.15, 0.2) is 24.3 Å². The van der Waals surface area contributed by atoms with Gasteiger partial charge in [-0.2, -0.15) is 4.39 Å². The lowest BCUT2D eigenvalue weighted by Gasteiger charge is -1.97. The maximum absolute atomic E-state index is 13.1. The molecule has 0 heterocycles. The van der Waals surface area contributed by atoms with Crippen LogP contribution in [0.3, 0.4) is 0 Å². The van der Waals surface area contributed by atoms with Crippen LogP contribution >= 0.6 is 11.6 Å². The highest BCUT2D eigenvalue weighted by molar-refractivity contribution is 6.17. The Labute approximate surface area is 91.3 Å². The van der Waals surface area contributed by atoms with Crippen LogP contribution in [0.4, 0.5) is 10.1 Å². The quantitative estimate of drug-likeness (QED) is 0.451. The van der Waals surface area contributed by atoms with Crippen LogP contribution in [0.1, 0.15) is 12.0 Å². The third kappa shape index (κ3) is 3.02. The van der Waals surface area contributed by atoms with E-state index >= 15 is 0 Å². The second-order valence-corrected chi connectivity index (χ2v) is 3.19. The van der Waals surface area contributed by atoms with E-state index in [0.29, 0.717) is 12.3 Å². The normalized spacial score (nSPS) is 10.8. The van der Waals surface area contributed by atoms with Gasteiger partial charge in [0.15, 0.2) is 0 Å². The molecule has 0 unspecified atom stereocenters. The molecule has 0 aliphatic heterocycles. The number of hydrogen-bond donors (Lipinski definition) is 0. The van der Waals surface area contributed by atoms with Crippen molar-refractivity contribution >= 4 is 23.4 Å². The second kappa shape index (κ2) is 5.46. The van der Waals surface area contributed by atoms with Gasteiger partial charge < -0.3 is 0 Å². The number of rotatable bonds is 4. The smallest absolute Gasteiger partial charge is 0.258 e. The third-order valence-electron chi connectivity index (χ3n) is 1.77. The molecular weight excluding hydrogens is 221 g/mol. The Morgan fingerprint density at radius 1 is 1.53 bits per heavy atom. The minimum Gasteiger partial charge on any atom is -0.258 e. The van der Waals surface area contributed by atoms with Gasteiger partial charge in [-0.3, -0.25) is 10.1 Å². The Bertz CT molecular complexity index is 393. The monoisotopic (exact) mass is 229 g/mol. The largest absolute Gasteiger partial charge is 0.311 e. The number of allylic oxidation sites excluding steroid dienone is 1. The standard InChI is InChI=1S/C10H9ClFNO2/c11-7-2-1-4-8-5-3-6-9(12)10(8)13(14)15/h1,3-6H,2,7H2. The molecule has 0 aliphatic carbocycles. The molecule has 0 fully saturated rings. The number of alkyl halides is 1. The van der Waals surface area contributed by atoms with Gasteiger partial charge in [-0.25, -0.2) is 0 Å². The predicted octanol–water partition coefficient (Wildman–Crippen LogP) is 3.38. The molecule has 0 N–H and O–H groups in total. The fraction of sp³-hybridized carbons (Fsp3) is 0.200. The van der Waals surface area contributed by atoms with Gasteiger partial charge in [-0.1, -0.05) is 18.2 Å². The summed E-state index contributed by atoms with van der Waals surface area (Å²) in [6, 6.07) is 3.99. The first-order valence-electron chi connectivity index (χ1n) is 4.32. The SMILES string of the molecule is O=[N+]([O-])c1c(F)cccc1C=CCCCl. The summed E-state index contributed by atoms with van der Waals surface area (Å²) in [5.41, 5.74) is -0.242. The number of halogens is 2. The lowest BCUT2D eigenvalue weighted by atomic mass is 10.1. The Kier molecular flexibility index (Phi) is 4.24. The van der Waals surface area contributed by atoms with Gasteiger partial charge in [0.1, 0.15) is 0 Å². The minimum atomic E-state index is -0.826. The highest BCUT2D eigenvalue weighted by atomic mass is 35.5. The zero-order valence-corrected chi connectivity index (χ0v) is 8.58. The van der Waals surface area contributed by atoms with Crippen molar-refractivity contribution in [1.82, 2.24) is 0 Å². The molecule has 0 radical (unpaired) electrons. The first kappa shape index (κ1) is 11.7. The van der Waals surface area contributed by atoms with Crippen molar-refractivity contribution < 1.29 is 9.31 Å².